The van der Waals surface area contributed by atoms with Crippen molar-refractivity contribution < 1.29 is 19.4 Å². The van der Waals surface area contributed by atoms with E-state index in [9.17, 15) is 9.59 Å². The molecule has 0 unspecified atom stereocenters. The average Bonchev–Trinajstić information content (AvgIpc) is 2.32. The summed E-state index contributed by atoms with van der Waals surface area (Å²) in [6, 6.07) is 6.30. The quantitative estimate of drug-likeness (QED) is 0.461. The lowest BCUT2D eigenvalue weighted by Crippen LogP contribution is -2.14. The number of ether oxygens (including phenoxy) is 1. The summed E-state index contributed by atoms with van der Waals surface area (Å²) in [6.07, 6.45) is 1.23. The van der Waals surface area contributed by atoms with Crippen LogP contribution in [0.5, 0.6) is 0 Å². The summed E-state index contributed by atoms with van der Waals surface area (Å²) >= 11 is 0. The molecule has 2 N–H and O–H groups in total. The molecule has 0 saturated heterocycles. The molecule has 1 amide bonds. The van der Waals surface area contributed by atoms with E-state index in [2.05, 4.69) is 10.3 Å². The maximum absolute atomic E-state index is 11.2. The summed E-state index contributed by atoms with van der Waals surface area (Å²) in [4.78, 5) is 24.6. The normalized spacial score (nSPS) is 9.24. The summed E-state index contributed by atoms with van der Waals surface area (Å²) in [6.45, 7) is 0.140. The van der Waals surface area contributed by atoms with Crippen LogP contribution in [0.4, 0.5) is 16.2 Å². The number of anilines is 1. The molecule has 0 bridgehead atoms. The Morgan fingerprint density at radius 3 is 2.71 bits per heavy atom. The van der Waals surface area contributed by atoms with Gasteiger partial charge in [-0.25, -0.2) is 9.59 Å². The first kappa shape index (κ1) is 12.9. The molecule has 6 heteroatoms. The van der Waals surface area contributed by atoms with Crippen LogP contribution in [0.2, 0.25) is 0 Å². The number of isocyanates is 1. The second-order valence-corrected chi connectivity index (χ2v) is 3.09. The smallest absolute Gasteiger partial charge is 0.411 e. The zero-order valence-corrected chi connectivity index (χ0v) is 9.05. The van der Waals surface area contributed by atoms with Gasteiger partial charge in [0.2, 0.25) is 6.08 Å². The van der Waals surface area contributed by atoms with E-state index in [0.717, 1.165) is 0 Å². The van der Waals surface area contributed by atoms with Crippen molar-refractivity contribution in [1.29, 1.82) is 0 Å². The van der Waals surface area contributed by atoms with Gasteiger partial charge in [-0.05, 0) is 24.3 Å². The van der Waals surface area contributed by atoms with Crippen LogP contribution in [0.1, 0.15) is 6.42 Å². The minimum Gasteiger partial charge on any atom is -0.449 e. The van der Waals surface area contributed by atoms with Gasteiger partial charge in [0, 0.05) is 18.7 Å². The van der Waals surface area contributed by atoms with E-state index in [1.165, 1.54) is 6.08 Å². The maximum atomic E-state index is 11.2. The third kappa shape index (κ3) is 4.92. The molecule has 1 aromatic rings. The molecule has 6 nitrogen and oxygen atoms in total. The van der Waals surface area contributed by atoms with Crippen molar-refractivity contribution in [2.45, 2.75) is 6.42 Å². The number of aliphatic hydroxyl groups excluding tert-OH is 1. The van der Waals surface area contributed by atoms with Gasteiger partial charge in [0.25, 0.3) is 0 Å². The fourth-order valence-electron chi connectivity index (χ4n) is 1.06. The lowest BCUT2D eigenvalue weighted by Gasteiger charge is -2.06. The lowest BCUT2D eigenvalue weighted by molar-refractivity contribution is 0.149. The molecular formula is C11H12N2O4. The molecule has 17 heavy (non-hydrogen) atoms. The number of nitrogens with one attached hydrogen (secondary N) is 1. The zero-order valence-electron chi connectivity index (χ0n) is 9.05. The Kier molecular flexibility index (Phi) is 5.43. The molecule has 0 aromatic heterocycles. The van der Waals surface area contributed by atoms with Gasteiger partial charge in [0.15, 0.2) is 0 Å². The summed E-state index contributed by atoms with van der Waals surface area (Å²) in [5.74, 6) is 0. The van der Waals surface area contributed by atoms with Crippen LogP contribution in [0.25, 0.3) is 0 Å². The SMILES string of the molecule is O=C=Nc1ccc(NC(=O)OCCCO)cc1. The van der Waals surface area contributed by atoms with Gasteiger partial charge < -0.3 is 9.84 Å². The van der Waals surface area contributed by atoms with Gasteiger partial charge >= 0.3 is 6.09 Å². The second kappa shape index (κ2) is 7.16. The summed E-state index contributed by atoms with van der Waals surface area (Å²) in [5.41, 5.74) is 0.989. The van der Waals surface area contributed by atoms with Gasteiger partial charge in [0.05, 0.1) is 12.3 Å². The minimum atomic E-state index is -0.593. The topological polar surface area (TPSA) is 88.0 Å². The summed E-state index contributed by atoms with van der Waals surface area (Å²) in [7, 11) is 0. The standard InChI is InChI=1S/C11H12N2O4/c14-6-1-7-17-11(16)13-10-4-2-9(3-5-10)12-8-15/h2-5,14H,1,6-7H2,(H,13,16). The molecule has 90 valence electrons. The molecule has 0 spiro atoms. The molecule has 0 aliphatic carbocycles. The van der Waals surface area contributed by atoms with Gasteiger partial charge in [-0.3, -0.25) is 5.32 Å². The zero-order chi connectivity index (χ0) is 12.5. The molecular weight excluding hydrogens is 224 g/mol. The van der Waals surface area contributed by atoms with Crippen molar-refractivity contribution in [3.8, 4) is 0 Å². The lowest BCUT2D eigenvalue weighted by atomic mass is 10.3. The number of nitrogens with zero attached hydrogens (tertiary/aromatic N) is 1. The highest BCUT2D eigenvalue weighted by atomic mass is 16.5. The number of aliphatic hydroxyl groups is 1. The first-order valence-corrected chi connectivity index (χ1v) is 4.99. The third-order valence-corrected chi connectivity index (χ3v) is 1.82. The van der Waals surface area contributed by atoms with E-state index < -0.39 is 6.09 Å². The molecule has 1 rings (SSSR count). The molecule has 0 saturated carbocycles. The van der Waals surface area contributed by atoms with E-state index in [1.54, 1.807) is 24.3 Å². The number of hydrogen-bond donors (Lipinski definition) is 2. The molecule has 0 heterocycles. The van der Waals surface area contributed by atoms with Gasteiger partial charge in [-0.2, -0.15) is 4.99 Å². The first-order valence-electron chi connectivity index (χ1n) is 4.99. The molecule has 0 aliphatic rings. The molecule has 1 aromatic carbocycles. The van der Waals surface area contributed by atoms with Gasteiger partial charge in [0.1, 0.15) is 0 Å². The van der Waals surface area contributed by atoms with Crippen LogP contribution < -0.4 is 5.32 Å². The molecule has 0 aliphatic heterocycles. The Morgan fingerprint density at radius 2 is 2.12 bits per heavy atom. The van der Waals surface area contributed by atoms with Crippen molar-refractivity contribution in [3.63, 3.8) is 0 Å². The number of carbonyl (C=O) groups excluding carboxylic acids is 2. The van der Waals surface area contributed by atoms with Crippen LogP contribution in [-0.4, -0.2) is 30.5 Å². The predicted molar refractivity (Wildman–Crippen MR) is 60.9 cm³/mol. The summed E-state index contributed by atoms with van der Waals surface area (Å²) in [5, 5.41) is 11.0. The minimum absolute atomic E-state index is 0.0221. The Labute approximate surface area is 97.9 Å². The van der Waals surface area contributed by atoms with Crippen LogP contribution in [0.15, 0.2) is 29.3 Å². The molecule has 0 fully saturated rings. The Balaban J connectivity index is 2.45. The molecule has 0 radical (unpaired) electrons. The van der Waals surface area contributed by atoms with E-state index >= 15 is 0 Å². The maximum Gasteiger partial charge on any atom is 0.411 e. The highest BCUT2D eigenvalue weighted by Crippen LogP contribution is 2.15. The number of amides is 1. The fourth-order valence-corrected chi connectivity index (χ4v) is 1.06. The Morgan fingerprint density at radius 1 is 1.41 bits per heavy atom. The predicted octanol–water partition coefficient (Wildman–Crippen LogP) is 1.58. The third-order valence-electron chi connectivity index (χ3n) is 1.82. The van der Waals surface area contributed by atoms with Crippen LogP contribution >= 0.6 is 0 Å². The highest BCUT2D eigenvalue weighted by Gasteiger charge is 2.02. The van der Waals surface area contributed by atoms with Crippen molar-refractivity contribution in [2.75, 3.05) is 18.5 Å². The van der Waals surface area contributed by atoms with Crippen molar-refractivity contribution in [1.82, 2.24) is 0 Å². The summed E-state index contributed by atoms with van der Waals surface area (Å²) < 4.78 is 4.77. The number of benzene rings is 1. The highest BCUT2D eigenvalue weighted by molar-refractivity contribution is 5.84. The molecule has 0 atom stereocenters. The first-order chi connectivity index (χ1) is 8.26. The number of hydrogen-bond acceptors (Lipinski definition) is 5. The fraction of sp³-hybridized carbons (Fsp3) is 0.273. The number of aliphatic imine (C=N–C) groups is 1. The van der Waals surface area contributed by atoms with E-state index in [0.29, 0.717) is 17.8 Å². The van der Waals surface area contributed by atoms with Crippen molar-refractivity contribution >= 4 is 23.5 Å². The van der Waals surface area contributed by atoms with E-state index in [1.807, 2.05) is 0 Å². The van der Waals surface area contributed by atoms with E-state index in [4.69, 9.17) is 9.84 Å². The monoisotopic (exact) mass is 236 g/mol. The largest absolute Gasteiger partial charge is 0.449 e. The van der Waals surface area contributed by atoms with Crippen molar-refractivity contribution in [3.05, 3.63) is 24.3 Å². The van der Waals surface area contributed by atoms with E-state index in [-0.39, 0.29) is 13.2 Å². The second-order valence-electron chi connectivity index (χ2n) is 3.09. The van der Waals surface area contributed by atoms with Crippen molar-refractivity contribution in [2.24, 2.45) is 4.99 Å². The Bertz CT molecular complexity index is 410. The Hall–Kier alpha value is -2.17. The van der Waals surface area contributed by atoms with Crippen LogP contribution in [-0.2, 0) is 9.53 Å². The van der Waals surface area contributed by atoms with Gasteiger partial charge in [-0.1, -0.05) is 0 Å². The average molecular weight is 236 g/mol. The van der Waals surface area contributed by atoms with Crippen LogP contribution in [0.3, 0.4) is 0 Å². The number of carbonyl (C=O) groups is 1. The van der Waals surface area contributed by atoms with Gasteiger partial charge in [-0.15, -0.1) is 0 Å². The number of rotatable bonds is 5. The van der Waals surface area contributed by atoms with Crippen LogP contribution in [0, 0.1) is 0 Å².